The number of nitriles is 1. The number of hydrogen-bond acceptors (Lipinski definition) is 3. The number of hydrogen-bond donors (Lipinski definition) is 1. The van der Waals surface area contributed by atoms with Crippen LogP contribution in [0, 0.1) is 22.6 Å². The predicted octanol–water partition coefficient (Wildman–Crippen LogP) is 4.03. The molecule has 1 aromatic carbocycles. The van der Waals surface area contributed by atoms with Gasteiger partial charge in [0.15, 0.2) is 0 Å². The van der Waals surface area contributed by atoms with Crippen LogP contribution in [0.15, 0.2) is 30.0 Å². The minimum atomic E-state index is -0.342. The molecule has 3 nitrogen and oxygen atoms in total. The third-order valence-corrected chi connectivity index (χ3v) is 4.44. The van der Waals surface area contributed by atoms with E-state index in [2.05, 4.69) is 11.1 Å². The Morgan fingerprint density at radius 1 is 1.39 bits per heavy atom. The molecule has 0 saturated carbocycles. The van der Waals surface area contributed by atoms with Crippen molar-refractivity contribution in [2.75, 3.05) is 0 Å². The molecule has 114 valence electrons. The van der Waals surface area contributed by atoms with Gasteiger partial charge in [0.1, 0.15) is 5.82 Å². The number of allylic oxidation sites excluding steroid dienone is 2. The largest absolute Gasteiger partial charge is 0.307 e. The summed E-state index contributed by atoms with van der Waals surface area (Å²) in [5.41, 5.74) is 6.58. The van der Waals surface area contributed by atoms with E-state index in [1.54, 1.807) is 12.3 Å². The summed E-state index contributed by atoms with van der Waals surface area (Å²) in [6.45, 7) is 4.01. The molecule has 1 aliphatic carbocycles. The van der Waals surface area contributed by atoms with Gasteiger partial charge in [0.2, 0.25) is 0 Å². The average molecular weight is 305 g/mol. The van der Waals surface area contributed by atoms with E-state index < -0.39 is 0 Å². The highest BCUT2D eigenvalue weighted by Gasteiger charge is 2.25. The summed E-state index contributed by atoms with van der Waals surface area (Å²) in [4.78, 5) is 4.15. The molecular formula is C19H16FN3. The van der Waals surface area contributed by atoms with Crippen molar-refractivity contribution in [2.24, 2.45) is 0 Å². The number of fused-ring (bicyclic) bond motifs is 1. The highest BCUT2D eigenvalue weighted by Crippen LogP contribution is 2.38. The van der Waals surface area contributed by atoms with E-state index >= 15 is 0 Å². The van der Waals surface area contributed by atoms with Crippen LogP contribution in [-0.2, 0) is 12.8 Å². The lowest BCUT2D eigenvalue weighted by Crippen LogP contribution is -2.03. The van der Waals surface area contributed by atoms with Crippen LogP contribution < -0.4 is 0 Å². The Balaban J connectivity index is 2.11. The van der Waals surface area contributed by atoms with Crippen LogP contribution in [-0.4, -0.2) is 11.2 Å². The quantitative estimate of drug-likeness (QED) is 0.870. The second kappa shape index (κ2) is 5.77. The minimum absolute atomic E-state index is 0.342. The van der Waals surface area contributed by atoms with Gasteiger partial charge in [-0.05, 0) is 54.7 Å². The SMILES string of the molecule is CC1=C(C)c2c(Cc3ccc(C=N)nc3)c(F)cc(C#N)c2C1. The van der Waals surface area contributed by atoms with Crippen LogP contribution >= 0.6 is 0 Å². The van der Waals surface area contributed by atoms with E-state index in [0.29, 0.717) is 29.7 Å². The summed E-state index contributed by atoms with van der Waals surface area (Å²) < 4.78 is 14.6. The third-order valence-electron chi connectivity index (χ3n) is 4.44. The van der Waals surface area contributed by atoms with E-state index in [1.165, 1.54) is 17.9 Å². The first-order valence-electron chi connectivity index (χ1n) is 7.41. The van der Waals surface area contributed by atoms with Crippen molar-refractivity contribution < 1.29 is 4.39 Å². The monoisotopic (exact) mass is 305 g/mol. The number of nitrogens with one attached hydrogen (secondary N) is 1. The molecule has 2 aromatic rings. The second-order valence-electron chi connectivity index (χ2n) is 5.84. The zero-order valence-corrected chi connectivity index (χ0v) is 13.1. The first kappa shape index (κ1) is 15.1. The summed E-state index contributed by atoms with van der Waals surface area (Å²) in [6.07, 6.45) is 3.99. The van der Waals surface area contributed by atoms with Gasteiger partial charge in [-0.15, -0.1) is 0 Å². The predicted molar refractivity (Wildman–Crippen MR) is 88.0 cm³/mol. The van der Waals surface area contributed by atoms with Gasteiger partial charge in [-0.1, -0.05) is 11.6 Å². The fourth-order valence-electron chi connectivity index (χ4n) is 3.09. The van der Waals surface area contributed by atoms with E-state index in [9.17, 15) is 9.65 Å². The summed E-state index contributed by atoms with van der Waals surface area (Å²) in [5, 5.41) is 16.4. The molecule has 0 amide bonds. The standard InChI is InChI=1S/C19H16FN3/c1-11-5-16-14(8-21)7-18(20)17(19(16)12(11)2)6-13-3-4-15(9-22)23-10-13/h3-4,7,9-10,22H,5-6H2,1-2H3. The van der Waals surface area contributed by atoms with Crippen LogP contribution in [0.2, 0.25) is 0 Å². The fraction of sp³-hybridized carbons (Fsp3) is 0.211. The van der Waals surface area contributed by atoms with Gasteiger partial charge in [-0.3, -0.25) is 4.98 Å². The molecule has 1 aromatic heterocycles. The van der Waals surface area contributed by atoms with Crippen LogP contribution in [0.5, 0.6) is 0 Å². The van der Waals surface area contributed by atoms with E-state index in [0.717, 1.165) is 22.3 Å². The van der Waals surface area contributed by atoms with Crippen molar-refractivity contribution in [1.29, 1.82) is 10.7 Å². The Labute approximate surface area is 134 Å². The van der Waals surface area contributed by atoms with Crippen LogP contribution in [0.4, 0.5) is 4.39 Å². The molecule has 0 unspecified atom stereocenters. The van der Waals surface area contributed by atoms with Gasteiger partial charge in [-0.2, -0.15) is 5.26 Å². The molecule has 0 aliphatic heterocycles. The number of benzene rings is 1. The fourth-order valence-corrected chi connectivity index (χ4v) is 3.09. The van der Waals surface area contributed by atoms with Gasteiger partial charge >= 0.3 is 0 Å². The van der Waals surface area contributed by atoms with Crippen LogP contribution in [0.3, 0.4) is 0 Å². The Hall–Kier alpha value is -2.80. The summed E-state index contributed by atoms with van der Waals surface area (Å²) in [6, 6.07) is 7.07. The highest BCUT2D eigenvalue weighted by molar-refractivity contribution is 5.79. The van der Waals surface area contributed by atoms with E-state index in [4.69, 9.17) is 5.41 Å². The molecule has 0 fully saturated rings. The molecule has 0 saturated heterocycles. The maximum absolute atomic E-state index is 14.6. The number of aromatic nitrogens is 1. The zero-order valence-electron chi connectivity index (χ0n) is 13.1. The van der Waals surface area contributed by atoms with Crippen molar-refractivity contribution in [2.45, 2.75) is 26.7 Å². The van der Waals surface area contributed by atoms with E-state index in [1.807, 2.05) is 19.9 Å². The van der Waals surface area contributed by atoms with Gasteiger partial charge in [0.25, 0.3) is 0 Å². The van der Waals surface area contributed by atoms with Gasteiger partial charge < -0.3 is 5.41 Å². The first-order valence-corrected chi connectivity index (χ1v) is 7.41. The molecule has 0 radical (unpaired) electrons. The second-order valence-corrected chi connectivity index (χ2v) is 5.84. The summed E-state index contributed by atoms with van der Waals surface area (Å²) >= 11 is 0. The number of nitrogens with zero attached hydrogens (tertiary/aromatic N) is 2. The Bertz CT molecular complexity index is 871. The third kappa shape index (κ3) is 2.55. The average Bonchev–Trinajstić information content (AvgIpc) is 2.86. The topological polar surface area (TPSA) is 60.5 Å². The maximum Gasteiger partial charge on any atom is 0.128 e. The van der Waals surface area contributed by atoms with E-state index in [-0.39, 0.29) is 5.82 Å². The Kier molecular flexibility index (Phi) is 3.79. The van der Waals surface area contributed by atoms with Crippen molar-refractivity contribution in [3.05, 3.63) is 69.3 Å². The molecule has 1 aliphatic rings. The lowest BCUT2D eigenvalue weighted by Gasteiger charge is -2.13. The van der Waals surface area contributed by atoms with Crippen LogP contribution in [0.1, 0.15) is 47.4 Å². The molecule has 1 N–H and O–H groups in total. The van der Waals surface area contributed by atoms with Gasteiger partial charge in [0, 0.05) is 24.4 Å². The Morgan fingerprint density at radius 2 is 2.17 bits per heavy atom. The molecule has 4 heteroatoms. The van der Waals surface area contributed by atoms with Crippen molar-refractivity contribution >= 4 is 11.8 Å². The maximum atomic E-state index is 14.6. The minimum Gasteiger partial charge on any atom is -0.307 e. The molecule has 1 heterocycles. The molecule has 0 atom stereocenters. The highest BCUT2D eigenvalue weighted by atomic mass is 19.1. The molecular weight excluding hydrogens is 289 g/mol. The summed E-state index contributed by atoms with van der Waals surface area (Å²) in [7, 11) is 0. The number of halogens is 1. The molecule has 0 bridgehead atoms. The Morgan fingerprint density at radius 3 is 2.78 bits per heavy atom. The first-order chi connectivity index (χ1) is 11.0. The smallest absolute Gasteiger partial charge is 0.128 e. The van der Waals surface area contributed by atoms with Crippen LogP contribution in [0.25, 0.3) is 5.57 Å². The lowest BCUT2D eigenvalue weighted by molar-refractivity contribution is 0.612. The molecule has 3 rings (SSSR count). The van der Waals surface area contributed by atoms with Crippen molar-refractivity contribution in [3.8, 4) is 6.07 Å². The zero-order chi connectivity index (χ0) is 16.6. The number of rotatable bonds is 3. The van der Waals surface area contributed by atoms with Gasteiger partial charge in [-0.25, -0.2) is 4.39 Å². The summed E-state index contributed by atoms with van der Waals surface area (Å²) in [5.74, 6) is -0.342. The van der Waals surface area contributed by atoms with Crippen molar-refractivity contribution in [1.82, 2.24) is 4.98 Å². The van der Waals surface area contributed by atoms with Gasteiger partial charge in [0.05, 0.1) is 17.3 Å². The lowest BCUT2D eigenvalue weighted by atomic mass is 9.91. The number of pyridine rings is 1. The molecule has 23 heavy (non-hydrogen) atoms. The van der Waals surface area contributed by atoms with Crippen molar-refractivity contribution in [3.63, 3.8) is 0 Å². The molecule has 0 spiro atoms. The normalized spacial score (nSPS) is 13.0.